The molecule has 0 radical (unpaired) electrons. The van der Waals surface area contributed by atoms with Crippen molar-refractivity contribution in [3.63, 3.8) is 0 Å². The Kier molecular flexibility index (Phi) is 5.37. The third-order valence-electron chi connectivity index (χ3n) is 1.61. The molecule has 0 amide bonds. The summed E-state index contributed by atoms with van der Waals surface area (Å²) < 4.78 is 24.2. The molecule has 0 saturated heterocycles. The van der Waals surface area contributed by atoms with E-state index in [1.54, 1.807) is 0 Å². The predicted molar refractivity (Wildman–Crippen MR) is 33.4 cm³/mol. The third kappa shape index (κ3) is 3.98. The van der Waals surface area contributed by atoms with Crippen LogP contribution in [0.4, 0.5) is 0 Å². The molecule has 1 fully saturated rings. The first-order valence-corrected chi connectivity index (χ1v) is 4.13. The monoisotopic (exact) mass is 188 g/mol. The largest absolute Gasteiger partial charge is 1.00 e. The summed E-state index contributed by atoms with van der Waals surface area (Å²) in [7, 11) is 0. The maximum atomic E-state index is 9.98. The van der Waals surface area contributed by atoms with Crippen molar-refractivity contribution < 1.29 is 47.6 Å². The molecule has 1 rings (SSSR count). The van der Waals surface area contributed by atoms with Crippen LogP contribution in [0.5, 0.6) is 0 Å². The SMILES string of the molecule is O=S([O-])OC1(O)CCCC1.[Na+]. The van der Waals surface area contributed by atoms with Crippen molar-refractivity contribution in [2.24, 2.45) is 0 Å². The molecule has 0 spiro atoms. The Labute approximate surface area is 90.1 Å². The van der Waals surface area contributed by atoms with Crippen LogP contribution in [-0.2, 0) is 15.5 Å². The molecule has 60 valence electrons. The van der Waals surface area contributed by atoms with E-state index >= 15 is 0 Å². The molecule has 1 saturated carbocycles. The van der Waals surface area contributed by atoms with Crippen LogP contribution in [-0.4, -0.2) is 19.7 Å². The fourth-order valence-corrected chi connectivity index (χ4v) is 1.56. The number of rotatable bonds is 2. The first kappa shape index (κ1) is 12.0. The summed E-state index contributed by atoms with van der Waals surface area (Å²) in [5, 5.41) is 9.25. The van der Waals surface area contributed by atoms with Crippen LogP contribution in [0.15, 0.2) is 0 Å². The Morgan fingerprint density at radius 3 is 2.27 bits per heavy atom. The summed E-state index contributed by atoms with van der Waals surface area (Å²) in [5.41, 5.74) is 0. The maximum Gasteiger partial charge on any atom is 1.00 e. The van der Waals surface area contributed by atoms with E-state index in [0.717, 1.165) is 12.8 Å². The maximum absolute atomic E-state index is 9.98. The average Bonchev–Trinajstić information content (AvgIpc) is 2.12. The molecule has 0 aliphatic heterocycles. The summed E-state index contributed by atoms with van der Waals surface area (Å²) in [5.74, 6) is -1.40. The molecule has 1 aliphatic rings. The molecule has 1 unspecified atom stereocenters. The van der Waals surface area contributed by atoms with Crippen LogP contribution in [0.25, 0.3) is 0 Å². The summed E-state index contributed by atoms with van der Waals surface area (Å²) in [6, 6.07) is 0. The van der Waals surface area contributed by atoms with Crippen molar-refractivity contribution in [2.45, 2.75) is 31.5 Å². The normalized spacial score (nSPS) is 24.2. The van der Waals surface area contributed by atoms with Gasteiger partial charge in [-0.1, -0.05) is 0 Å². The second-order valence-corrected chi connectivity index (χ2v) is 3.02. The fourth-order valence-electron chi connectivity index (χ4n) is 1.14. The van der Waals surface area contributed by atoms with Gasteiger partial charge in [0.1, 0.15) is 0 Å². The molecule has 1 atom stereocenters. The van der Waals surface area contributed by atoms with Gasteiger partial charge in [-0.2, -0.15) is 0 Å². The van der Waals surface area contributed by atoms with Crippen LogP contribution < -0.4 is 29.6 Å². The van der Waals surface area contributed by atoms with E-state index in [0.29, 0.717) is 12.8 Å². The van der Waals surface area contributed by atoms with E-state index in [4.69, 9.17) is 0 Å². The van der Waals surface area contributed by atoms with E-state index in [1.807, 2.05) is 0 Å². The molecule has 1 N–H and O–H groups in total. The Hall–Kier alpha value is 1.03. The summed E-state index contributed by atoms with van der Waals surface area (Å²) >= 11 is -2.59. The minimum Gasteiger partial charge on any atom is -0.750 e. The molecule has 4 nitrogen and oxygen atoms in total. The smallest absolute Gasteiger partial charge is 0.750 e. The van der Waals surface area contributed by atoms with Crippen molar-refractivity contribution in [1.82, 2.24) is 0 Å². The zero-order valence-electron chi connectivity index (χ0n) is 6.41. The van der Waals surface area contributed by atoms with Crippen LogP contribution in [0.2, 0.25) is 0 Å². The fraction of sp³-hybridized carbons (Fsp3) is 1.00. The van der Waals surface area contributed by atoms with Crippen LogP contribution in [0.3, 0.4) is 0 Å². The first-order chi connectivity index (χ1) is 4.62. The van der Waals surface area contributed by atoms with E-state index in [9.17, 15) is 13.9 Å². The molecule has 0 aromatic carbocycles. The zero-order chi connectivity index (χ0) is 7.61. The standard InChI is InChI=1S/C5H10O4S.Na/c6-5(9-10(7)8)3-1-2-4-5;/h6H,1-4H2,(H,7,8);/q;+1/p-1. The summed E-state index contributed by atoms with van der Waals surface area (Å²) in [4.78, 5) is 0. The van der Waals surface area contributed by atoms with Crippen LogP contribution in [0.1, 0.15) is 25.7 Å². The van der Waals surface area contributed by atoms with Crippen molar-refractivity contribution in [3.05, 3.63) is 0 Å². The summed E-state index contributed by atoms with van der Waals surface area (Å²) in [6.45, 7) is 0. The van der Waals surface area contributed by atoms with Crippen LogP contribution in [0, 0.1) is 0 Å². The van der Waals surface area contributed by atoms with E-state index < -0.39 is 17.1 Å². The van der Waals surface area contributed by atoms with Gasteiger partial charge in [0, 0.05) is 12.8 Å². The second-order valence-electron chi connectivity index (χ2n) is 2.44. The van der Waals surface area contributed by atoms with E-state index in [1.165, 1.54) is 0 Å². The van der Waals surface area contributed by atoms with Gasteiger partial charge in [0.05, 0.1) is 11.4 Å². The van der Waals surface area contributed by atoms with Crippen molar-refractivity contribution in [1.29, 1.82) is 0 Å². The van der Waals surface area contributed by atoms with E-state index in [-0.39, 0.29) is 29.6 Å². The van der Waals surface area contributed by atoms with E-state index in [2.05, 4.69) is 4.18 Å². The molecule has 0 bridgehead atoms. The Bertz CT molecular complexity index is 145. The van der Waals surface area contributed by atoms with Gasteiger partial charge in [0.2, 0.25) is 0 Å². The minimum absolute atomic E-state index is 0. The molecule has 0 aromatic heterocycles. The topological polar surface area (TPSA) is 69.6 Å². The van der Waals surface area contributed by atoms with Gasteiger partial charge in [-0.25, -0.2) is 4.21 Å². The second kappa shape index (κ2) is 4.91. The Morgan fingerprint density at radius 2 is 1.91 bits per heavy atom. The quantitative estimate of drug-likeness (QED) is 0.286. The average molecular weight is 188 g/mol. The predicted octanol–water partition coefficient (Wildman–Crippen LogP) is -2.94. The zero-order valence-corrected chi connectivity index (χ0v) is 9.23. The minimum atomic E-state index is -2.59. The molecule has 0 aromatic rings. The summed E-state index contributed by atoms with van der Waals surface area (Å²) in [6.07, 6.45) is 2.49. The molecule has 0 heterocycles. The third-order valence-corrected chi connectivity index (χ3v) is 2.05. The molecule has 1 aliphatic carbocycles. The molecular weight excluding hydrogens is 179 g/mol. The van der Waals surface area contributed by atoms with Crippen molar-refractivity contribution in [3.8, 4) is 0 Å². The molecule has 6 heteroatoms. The van der Waals surface area contributed by atoms with Gasteiger partial charge in [-0.3, -0.25) is 4.18 Å². The van der Waals surface area contributed by atoms with Crippen molar-refractivity contribution >= 4 is 11.4 Å². The number of hydrogen-bond donors (Lipinski definition) is 1. The molecule has 11 heavy (non-hydrogen) atoms. The van der Waals surface area contributed by atoms with Gasteiger partial charge < -0.3 is 9.66 Å². The first-order valence-electron chi connectivity index (χ1n) is 3.13. The van der Waals surface area contributed by atoms with Gasteiger partial charge >= 0.3 is 29.6 Å². The van der Waals surface area contributed by atoms with Gasteiger partial charge in [0.25, 0.3) is 0 Å². The number of aliphatic hydroxyl groups is 1. The van der Waals surface area contributed by atoms with Gasteiger partial charge in [-0.15, -0.1) is 0 Å². The van der Waals surface area contributed by atoms with Gasteiger partial charge in [0.15, 0.2) is 5.79 Å². The van der Waals surface area contributed by atoms with Gasteiger partial charge in [-0.05, 0) is 12.8 Å². The Balaban J connectivity index is 0.000001000. The Morgan fingerprint density at radius 1 is 1.45 bits per heavy atom. The van der Waals surface area contributed by atoms with Crippen LogP contribution >= 0.6 is 0 Å². The van der Waals surface area contributed by atoms with Crippen molar-refractivity contribution in [2.75, 3.05) is 0 Å². The molecular formula is C5H9NaO4S. The number of hydrogen-bond acceptors (Lipinski definition) is 4.